The Balaban J connectivity index is 2.79. The number of nitrogens with one attached hydrogen (secondary N) is 1. The van der Waals surface area contributed by atoms with Crippen molar-refractivity contribution in [1.29, 1.82) is 0 Å². The summed E-state index contributed by atoms with van der Waals surface area (Å²) in [6, 6.07) is 0.269. The summed E-state index contributed by atoms with van der Waals surface area (Å²) in [4.78, 5) is 2.17. The van der Waals surface area contributed by atoms with Crippen LogP contribution in [0.2, 0.25) is 0 Å². The Kier molecular flexibility index (Phi) is 8.37. The molecule has 0 spiro atoms. The molecule has 0 saturated heterocycles. The summed E-state index contributed by atoms with van der Waals surface area (Å²) in [6.07, 6.45) is 2.84. The zero-order chi connectivity index (χ0) is 15.0. The average molecular weight is 347 g/mol. The van der Waals surface area contributed by atoms with Gasteiger partial charge in [0.2, 0.25) is 0 Å². The van der Waals surface area contributed by atoms with Gasteiger partial charge in [-0.2, -0.15) is 5.10 Å². The molecule has 0 bridgehead atoms. The summed E-state index contributed by atoms with van der Waals surface area (Å²) >= 11 is 3.63. The van der Waals surface area contributed by atoms with Crippen molar-refractivity contribution >= 4 is 15.9 Å². The molecule has 0 aliphatic heterocycles. The van der Waals surface area contributed by atoms with Crippen LogP contribution in [-0.4, -0.2) is 55.1 Å². The maximum absolute atomic E-state index is 5.49. The van der Waals surface area contributed by atoms with E-state index in [1.54, 1.807) is 0 Å². The fourth-order valence-electron chi connectivity index (χ4n) is 2.12. The number of halogens is 1. The van der Waals surface area contributed by atoms with Crippen LogP contribution < -0.4 is 5.32 Å². The molecule has 1 heterocycles. The Bertz CT molecular complexity index is 381. The number of aromatic nitrogens is 2. The molecule has 0 aliphatic carbocycles. The zero-order valence-electron chi connectivity index (χ0n) is 13.0. The van der Waals surface area contributed by atoms with Crippen LogP contribution in [0.1, 0.15) is 32.0 Å². The highest BCUT2D eigenvalue weighted by Crippen LogP contribution is 2.25. The van der Waals surface area contributed by atoms with Gasteiger partial charge in [-0.15, -0.1) is 0 Å². The van der Waals surface area contributed by atoms with Gasteiger partial charge >= 0.3 is 0 Å². The van der Waals surface area contributed by atoms with Crippen molar-refractivity contribution in [2.24, 2.45) is 0 Å². The lowest BCUT2D eigenvalue weighted by Crippen LogP contribution is -2.27. The lowest BCUT2D eigenvalue weighted by atomic mass is 10.1. The summed E-state index contributed by atoms with van der Waals surface area (Å²) in [7, 11) is 4.16. The van der Waals surface area contributed by atoms with Crippen LogP contribution in [0.15, 0.2) is 10.7 Å². The van der Waals surface area contributed by atoms with Gasteiger partial charge in [0, 0.05) is 19.8 Å². The maximum atomic E-state index is 5.49. The topological polar surface area (TPSA) is 42.3 Å². The minimum atomic E-state index is 0.269. The van der Waals surface area contributed by atoms with E-state index in [0.29, 0.717) is 0 Å². The molecule has 5 nitrogen and oxygen atoms in total. The quantitative estimate of drug-likeness (QED) is 0.660. The van der Waals surface area contributed by atoms with Gasteiger partial charge in [0.25, 0.3) is 0 Å². The number of likely N-dealkylation sites (N-methyl/N-ethyl adjacent to an activating group) is 1. The molecule has 6 heteroatoms. The molecule has 0 radical (unpaired) electrons. The third-order valence-electron chi connectivity index (χ3n) is 3.13. The Morgan fingerprint density at radius 3 is 2.80 bits per heavy atom. The molecule has 0 aromatic carbocycles. The van der Waals surface area contributed by atoms with Crippen molar-refractivity contribution in [3.8, 4) is 0 Å². The van der Waals surface area contributed by atoms with Gasteiger partial charge in [0.1, 0.15) is 0 Å². The van der Waals surface area contributed by atoms with Crippen LogP contribution in [0, 0.1) is 0 Å². The molecule has 0 fully saturated rings. The zero-order valence-corrected chi connectivity index (χ0v) is 14.6. The largest absolute Gasteiger partial charge is 0.382 e. The van der Waals surface area contributed by atoms with Gasteiger partial charge < -0.3 is 15.0 Å². The molecule has 1 rings (SSSR count). The van der Waals surface area contributed by atoms with E-state index >= 15 is 0 Å². The third-order valence-corrected chi connectivity index (χ3v) is 3.74. The molecule has 20 heavy (non-hydrogen) atoms. The predicted molar refractivity (Wildman–Crippen MR) is 86.0 cm³/mol. The van der Waals surface area contributed by atoms with Crippen LogP contribution in [0.25, 0.3) is 0 Å². The lowest BCUT2D eigenvalue weighted by Gasteiger charge is -2.21. The normalized spacial score (nSPS) is 13.1. The predicted octanol–water partition coefficient (Wildman–Crippen LogP) is 2.28. The average Bonchev–Trinajstić information content (AvgIpc) is 2.77. The SMILES string of the molecule is CCNC(CCOCC)c1c(Br)cnn1CCN(C)C. The van der Waals surface area contributed by atoms with Gasteiger partial charge in [0.15, 0.2) is 0 Å². The van der Waals surface area contributed by atoms with Gasteiger partial charge in [-0.1, -0.05) is 6.92 Å². The molecule has 1 atom stereocenters. The first-order chi connectivity index (χ1) is 9.60. The number of rotatable bonds is 10. The van der Waals surface area contributed by atoms with Crippen molar-refractivity contribution in [2.45, 2.75) is 32.9 Å². The highest BCUT2D eigenvalue weighted by molar-refractivity contribution is 9.10. The first kappa shape index (κ1) is 17.6. The Hall–Kier alpha value is -0.430. The molecule has 1 N–H and O–H groups in total. The molecule has 1 aromatic rings. The molecular weight excluding hydrogens is 320 g/mol. The molecule has 0 amide bonds. The standard InChI is InChI=1S/C14H27BrN4O/c1-5-16-13(7-10-20-6-2)14-12(15)11-17-19(14)9-8-18(3)4/h11,13,16H,5-10H2,1-4H3. The molecule has 1 aromatic heterocycles. The van der Waals surface area contributed by atoms with E-state index in [1.807, 2.05) is 13.1 Å². The molecule has 1 unspecified atom stereocenters. The van der Waals surface area contributed by atoms with Gasteiger partial charge in [-0.3, -0.25) is 4.68 Å². The first-order valence-corrected chi connectivity index (χ1v) is 8.06. The fourth-order valence-corrected chi connectivity index (χ4v) is 2.69. The van der Waals surface area contributed by atoms with Crippen molar-refractivity contribution in [3.63, 3.8) is 0 Å². The monoisotopic (exact) mass is 346 g/mol. The highest BCUT2D eigenvalue weighted by atomic mass is 79.9. The minimum absolute atomic E-state index is 0.269. The molecular formula is C14H27BrN4O. The van der Waals surface area contributed by atoms with Crippen LogP contribution >= 0.6 is 15.9 Å². The lowest BCUT2D eigenvalue weighted by molar-refractivity contribution is 0.135. The number of nitrogens with zero attached hydrogens (tertiary/aromatic N) is 3. The summed E-state index contributed by atoms with van der Waals surface area (Å²) < 4.78 is 8.65. The Morgan fingerprint density at radius 1 is 1.45 bits per heavy atom. The van der Waals surface area contributed by atoms with Gasteiger partial charge in [-0.25, -0.2) is 0 Å². The van der Waals surface area contributed by atoms with Gasteiger partial charge in [0.05, 0.1) is 29.0 Å². The van der Waals surface area contributed by atoms with Crippen LogP contribution in [-0.2, 0) is 11.3 Å². The van der Waals surface area contributed by atoms with E-state index in [0.717, 1.165) is 43.7 Å². The summed E-state index contributed by atoms with van der Waals surface area (Å²) in [5.41, 5.74) is 1.22. The second-order valence-corrected chi connectivity index (χ2v) is 5.85. The maximum Gasteiger partial charge on any atom is 0.0697 e. The molecule has 0 saturated carbocycles. The van der Waals surface area contributed by atoms with E-state index in [9.17, 15) is 0 Å². The van der Waals surface area contributed by atoms with Gasteiger partial charge in [-0.05, 0) is 49.9 Å². The summed E-state index contributed by atoms with van der Waals surface area (Å²) in [5, 5.41) is 8.01. The Labute approximate surface area is 130 Å². The first-order valence-electron chi connectivity index (χ1n) is 7.27. The van der Waals surface area contributed by atoms with E-state index < -0.39 is 0 Å². The summed E-state index contributed by atoms with van der Waals surface area (Å²) in [5.74, 6) is 0. The van der Waals surface area contributed by atoms with E-state index in [1.165, 1.54) is 5.69 Å². The Morgan fingerprint density at radius 2 is 2.20 bits per heavy atom. The van der Waals surface area contributed by atoms with Crippen LogP contribution in [0.4, 0.5) is 0 Å². The van der Waals surface area contributed by atoms with Crippen molar-refractivity contribution in [3.05, 3.63) is 16.4 Å². The second kappa shape index (κ2) is 9.50. The number of hydrogen-bond acceptors (Lipinski definition) is 4. The molecule has 0 aliphatic rings. The van der Waals surface area contributed by atoms with E-state index in [2.05, 4.69) is 56.9 Å². The molecule has 116 valence electrons. The smallest absolute Gasteiger partial charge is 0.0697 e. The van der Waals surface area contributed by atoms with Crippen LogP contribution in [0.3, 0.4) is 0 Å². The van der Waals surface area contributed by atoms with Crippen LogP contribution in [0.5, 0.6) is 0 Å². The van der Waals surface area contributed by atoms with E-state index in [-0.39, 0.29) is 6.04 Å². The number of ether oxygens (including phenoxy) is 1. The van der Waals surface area contributed by atoms with E-state index in [4.69, 9.17) is 4.74 Å². The third kappa shape index (κ3) is 5.52. The number of hydrogen-bond donors (Lipinski definition) is 1. The van der Waals surface area contributed by atoms with Crippen molar-refractivity contribution < 1.29 is 4.74 Å². The van der Waals surface area contributed by atoms with Crippen molar-refractivity contribution in [2.75, 3.05) is 40.4 Å². The summed E-state index contributed by atoms with van der Waals surface area (Å²) in [6.45, 7) is 8.49. The van der Waals surface area contributed by atoms with Crippen molar-refractivity contribution in [1.82, 2.24) is 20.0 Å². The fraction of sp³-hybridized carbons (Fsp3) is 0.786. The minimum Gasteiger partial charge on any atom is -0.382 e. The highest BCUT2D eigenvalue weighted by Gasteiger charge is 2.19. The second-order valence-electron chi connectivity index (χ2n) is 5.00.